The van der Waals surface area contributed by atoms with Gasteiger partial charge in [-0.25, -0.2) is 0 Å². The van der Waals surface area contributed by atoms with E-state index < -0.39 is 5.91 Å². The van der Waals surface area contributed by atoms with Crippen LogP contribution < -0.4 is 5.73 Å². The zero-order chi connectivity index (χ0) is 21.7. The molecule has 156 valence electrons. The van der Waals surface area contributed by atoms with E-state index in [2.05, 4.69) is 16.7 Å². The molecule has 0 bridgehead atoms. The van der Waals surface area contributed by atoms with Gasteiger partial charge in [0, 0.05) is 28.5 Å². The van der Waals surface area contributed by atoms with Crippen LogP contribution in [0.3, 0.4) is 0 Å². The summed E-state index contributed by atoms with van der Waals surface area (Å²) in [7, 11) is 1.37. The third-order valence-corrected chi connectivity index (χ3v) is 5.52. The van der Waals surface area contributed by atoms with Crippen LogP contribution in [0, 0.1) is 6.92 Å². The van der Waals surface area contributed by atoms with Crippen LogP contribution in [0.25, 0.3) is 11.1 Å². The average Bonchev–Trinajstić information content (AvgIpc) is 3.03. The van der Waals surface area contributed by atoms with Crippen LogP contribution in [-0.2, 0) is 28.9 Å². The number of carbonyl (C=O) groups is 2. The molecule has 0 aliphatic rings. The van der Waals surface area contributed by atoms with Gasteiger partial charge in [-0.15, -0.1) is 0 Å². The van der Waals surface area contributed by atoms with Crippen molar-refractivity contribution in [3.8, 4) is 11.1 Å². The van der Waals surface area contributed by atoms with Crippen molar-refractivity contribution in [2.75, 3.05) is 7.11 Å². The van der Waals surface area contributed by atoms with E-state index >= 15 is 0 Å². The monoisotopic (exact) mass is 424 g/mol. The van der Waals surface area contributed by atoms with Gasteiger partial charge < -0.3 is 15.0 Å². The number of rotatable bonds is 8. The van der Waals surface area contributed by atoms with Gasteiger partial charge in [0.1, 0.15) is 0 Å². The molecule has 0 aliphatic heterocycles. The molecule has 0 radical (unpaired) electrons. The Morgan fingerprint density at radius 2 is 1.70 bits per heavy atom. The Balaban J connectivity index is 2.11. The Hall–Kier alpha value is -3.05. The van der Waals surface area contributed by atoms with E-state index in [0.717, 1.165) is 28.9 Å². The van der Waals surface area contributed by atoms with Crippen LogP contribution in [0.1, 0.15) is 33.7 Å². The highest BCUT2D eigenvalue weighted by atomic mass is 35.5. The molecule has 1 amide bonds. The first-order valence-corrected chi connectivity index (χ1v) is 10.2. The fourth-order valence-corrected chi connectivity index (χ4v) is 3.92. The minimum Gasteiger partial charge on any atom is -0.469 e. The number of carbonyl (C=O) groups excluding carboxylic acids is 2. The number of hydrogen-bond donors (Lipinski definition) is 1. The van der Waals surface area contributed by atoms with Gasteiger partial charge in [0.2, 0.25) is 0 Å². The van der Waals surface area contributed by atoms with E-state index in [1.807, 2.05) is 37.3 Å². The van der Waals surface area contributed by atoms with Crippen LogP contribution in [0.2, 0.25) is 5.02 Å². The molecular weight excluding hydrogens is 400 g/mol. The molecule has 2 aromatic carbocycles. The molecule has 2 N–H and O–H groups in total. The molecule has 0 atom stereocenters. The molecule has 3 rings (SSSR count). The molecule has 0 fully saturated rings. The van der Waals surface area contributed by atoms with Crippen molar-refractivity contribution in [1.29, 1.82) is 0 Å². The van der Waals surface area contributed by atoms with Gasteiger partial charge in [-0.3, -0.25) is 9.59 Å². The first-order valence-electron chi connectivity index (χ1n) is 9.80. The maximum Gasteiger partial charge on any atom is 0.305 e. The van der Waals surface area contributed by atoms with Gasteiger partial charge in [-0.2, -0.15) is 0 Å². The van der Waals surface area contributed by atoms with Crippen LogP contribution in [0.15, 0.2) is 54.6 Å². The van der Waals surface area contributed by atoms with E-state index in [1.165, 1.54) is 12.7 Å². The number of benzene rings is 2. The summed E-state index contributed by atoms with van der Waals surface area (Å²) in [5, 5.41) is 0.607. The maximum absolute atomic E-state index is 12.4. The lowest BCUT2D eigenvalue weighted by Gasteiger charge is -2.13. The van der Waals surface area contributed by atoms with Crippen molar-refractivity contribution < 1.29 is 14.3 Å². The second kappa shape index (κ2) is 9.63. The van der Waals surface area contributed by atoms with E-state index in [1.54, 1.807) is 12.1 Å². The van der Waals surface area contributed by atoms with Crippen molar-refractivity contribution in [2.45, 2.75) is 32.7 Å². The standard InChI is InChI=1S/C24H25ClN2O3/c1-16-22(24(26)29)23(18-8-10-19(25)11-9-18)20(12-13-21(28)30-2)27(16)15-14-17-6-4-3-5-7-17/h3-11H,12-15H2,1-2H3,(H2,26,29). The highest BCUT2D eigenvalue weighted by molar-refractivity contribution is 6.30. The number of methoxy groups -OCH3 is 1. The van der Waals surface area contributed by atoms with Crippen molar-refractivity contribution in [2.24, 2.45) is 5.73 Å². The molecule has 1 heterocycles. The average molecular weight is 425 g/mol. The van der Waals surface area contributed by atoms with Gasteiger partial charge in [0.05, 0.1) is 19.1 Å². The molecule has 3 aromatic rings. The Morgan fingerprint density at radius 3 is 2.30 bits per heavy atom. The number of nitrogens with zero attached hydrogens (tertiary/aromatic N) is 1. The van der Waals surface area contributed by atoms with Crippen LogP contribution in [0.4, 0.5) is 0 Å². The van der Waals surface area contributed by atoms with E-state index in [4.69, 9.17) is 22.1 Å². The number of aromatic nitrogens is 1. The molecule has 0 unspecified atom stereocenters. The molecule has 0 saturated heterocycles. The zero-order valence-corrected chi connectivity index (χ0v) is 17.9. The fourth-order valence-electron chi connectivity index (χ4n) is 3.80. The third-order valence-electron chi connectivity index (χ3n) is 5.27. The smallest absolute Gasteiger partial charge is 0.305 e. The van der Waals surface area contributed by atoms with Crippen molar-refractivity contribution in [3.05, 3.63) is 82.1 Å². The Kier molecular flexibility index (Phi) is 6.95. The molecule has 0 aliphatic carbocycles. The number of primary amides is 1. The van der Waals surface area contributed by atoms with E-state index in [0.29, 0.717) is 23.6 Å². The second-order valence-electron chi connectivity index (χ2n) is 7.12. The minimum atomic E-state index is -0.491. The van der Waals surface area contributed by atoms with Gasteiger partial charge in [0.15, 0.2) is 0 Å². The summed E-state index contributed by atoms with van der Waals surface area (Å²) in [5.41, 5.74) is 10.7. The summed E-state index contributed by atoms with van der Waals surface area (Å²) in [6, 6.07) is 17.4. The van der Waals surface area contributed by atoms with Gasteiger partial charge in [-0.05, 0) is 43.0 Å². The Bertz CT molecular complexity index is 1040. The molecular formula is C24H25ClN2O3. The highest BCUT2D eigenvalue weighted by Crippen LogP contribution is 2.34. The minimum absolute atomic E-state index is 0.212. The maximum atomic E-state index is 12.4. The van der Waals surface area contributed by atoms with Crippen molar-refractivity contribution >= 4 is 23.5 Å². The van der Waals surface area contributed by atoms with Crippen molar-refractivity contribution in [1.82, 2.24) is 4.57 Å². The lowest BCUT2D eigenvalue weighted by Crippen LogP contribution is -2.14. The van der Waals surface area contributed by atoms with Gasteiger partial charge in [0.25, 0.3) is 5.91 Å². The van der Waals surface area contributed by atoms with Crippen LogP contribution in [0.5, 0.6) is 0 Å². The molecule has 0 spiro atoms. The molecule has 0 saturated carbocycles. The van der Waals surface area contributed by atoms with E-state index in [-0.39, 0.29) is 12.4 Å². The first kappa shape index (κ1) is 21.7. The number of ether oxygens (including phenoxy) is 1. The number of hydrogen-bond acceptors (Lipinski definition) is 3. The zero-order valence-electron chi connectivity index (χ0n) is 17.2. The highest BCUT2D eigenvalue weighted by Gasteiger charge is 2.25. The lowest BCUT2D eigenvalue weighted by molar-refractivity contribution is -0.140. The quantitative estimate of drug-likeness (QED) is 0.538. The number of amides is 1. The second-order valence-corrected chi connectivity index (χ2v) is 7.55. The largest absolute Gasteiger partial charge is 0.469 e. The lowest BCUT2D eigenvalue weighted by atomic mass is 9.98. The summed E-state index contributed by atoms with van der Waals surface area (Å²) < 4.78 is 6.93. The topological polar surface area (TPSA) is 74.3 Å². The summed E-state index contributed by atoms with van der Waals surface area (Å²) in [5.74, 6) is -0.790. The molecule has 30 heavy (non-hydrogen) atoms. The first-order chi connectivity index (χ1) is 14.4. The summed E-state index contributed by atoms with van der Waals surface area (Å²) in [6.07, 6.45) is 1.44. The van der Waals surface area contributed by atoms with Crippen LogP contribution >= 0.6 is 11.6 Å². The van der Waals surface area contributed by atoms with Gasteiger partial charge >= 0.3 is 5.97 Å². The SMILES string of the molecule is COC(=O)CCc1c(-c2ccc(Cl)cc2)c(C(N)=O)c(C)n1CCc1ccccc1. The summed E-state index contributed by atoms with van der Waals surface area (Å²) >= 11 is 6.06. The summed E-state index contributed by atoms with van der Waals surface area (Å²) in [4.78, 5) is 24.3. The van der Waals surface area contributed by atoms with Crippen LogP contribution in [-0.4, -0.2) is 23.6 Å². The Labute approximate surface area is 181 Å². The molecule has 1 aromatic heterocycles. The Morgan fingerprint density at radius 1 is 1.03 bits per heavy atom. The number of nitrogens with two attached hydrogens (primary N) is 1. The predicted octanol–water partition coefficient (Wildman–Crippen LogP) is 4.56. The molecule has 5 nitrogen and oxygen atoms in total. The normalized spacial score (nSPS) is 10.8. The number of esters is 1. The van der Waals surface area contributed by atoms with Crippen molar-refractivity contribution in [3.63, 3.8) is 0 Å². The number of aryl methyl sites for hydroxylation is 1. The predicted molar refractivity (Wildman–Crippen MR) is 119 cm³/mol. The van der Waals surface area contributed by atoms with E-state index in [9.17, 15) is 9.59 Å². The van der Waals surface area contributed by atoms with Gasteiger partial charge in [-0.1, -0.05) is 54.1 Å². The third kappa shape index (κ3) is 4.74. The summed E-state index contributed by atoms with van der Waals surface area (Å²) in [6.45, 7) is 2.56. The number of halogens is 1. The fraction of sp³-hybridized carbons (Fsp3) is 0.250. The molecule has 6 heteroatoms.